The minimum absolute atomic E-state index is 0.236. The third-order valence-electron chi connectivity index (χ3n) is 5.22. The fraction of sp³-hybridized carbons (Fsp3) is 0.476. The molecule has 1 heterocycles. The molecule has 0 saturated heterocycles. The Labute approximate surface area is 154 Å². The van der Waals surface area contributed by atoms with Crippen molar-refractivity contribution in [2.75, 3.05) is 11.9 Å². The van der Waals surface area contributed by atoms with E-state index in [1.807, 2.05) is 6.07 Å². The quantitative estimate of drug-likeness (QED) is 0.793. The summed E-state index contributed by atoms with van der Waals surface area (Å²) in [6.07, 6.45) is 7.81. The molecule has 2 aromatic rings. The summed E-state index contributed by atoms with van der Waals surface area (Å²) in [6, 6.07) is 7.76. The molecule has 0 spiro atoms. The van der Waals surface area contributed by atoms with Crippen LogP contribution in [0.3, 0.4) is 0 Å². The van der Waals surface area contributed by atoms with Crippen LogP contribution in [-0.4, -0.2) is 23.6 Å². The van der Waals surface area contributed by atoms with Crippen LogP contribution in [0.4, 0.5) is 5.69 Å². The molecule has 1 atom stereocenters. The van der Waals surface area contributed by atoms with Gasteiger partial charge in [0.15, 0.2) is 0 Å². The average Bonchev–Trinajstić information content (AvgIpc) is 2.68. The Morgan fingerprint density at radius 1 is 1.38 bits per heavy atom. The number of aromatic nitrogens is 1. The van der Waals surface area contributed by atoms with Gasteiger partial charge in [0.25, 0.3) is 0 Å². The number of esters is 1. The molecule has 1 fully saturated rings. The highest BCUT2D eigenvalue weighted by molar-refractivity contribution is 6.05. The van der Waals surface area contributed by atoms with Gasteiger partial charge in [-0.25, -0.2) is 4.79 Å². The summed E-state index contributed by atoms with van der Waals surface area (Å²) in [5.74, 6) is 0.198. The number of nitrogens with zero attached hydrogens (tertiary/aromatic N) is 2. The summed E-state index contributed by atoms with van der Waals surface area (Å²) in [4.78, 5) is 16.8. The molecule has 1 aromatic heterocycles. The van der Waals surface area contributed by atoms with E-state index in [2.05, 4.69) is 23.3 Å². The highest BCUT2D eigenvalue weighted by Crippen LogP contribution is 2.32. The van der Waals surface area contributed by atoms with Crippen LogP contribution in [0.15, 0.2) is 24.4 Å². The number of rotatable bonds is 5. The topological polar surface area (TPSA) is 75.0 Å². The standard InChI is InChI=1S/C21H25N3O2/c1-3-26-21(25)18-13-23-19-10-9-15(12-22)11-17(19)20(18)24-14(2)16-7-5-4-6-8-16/h9-11,13-14,16H,3-8H2,1-2H3,(H,23,24)/t14-/m1/s1. The zero-order valence-electron chi connectivity index (χ0n) is 15.4. The Hall–Kier alpha value is -2.61. The van der Waals surface area contributed by atoms with Crippen molar-refractivity contribution in [2.24, 2.45) is 5.92 Å². The minimum Gasteiger partial charge on any atom is -0.462 e. The Morgan fingerprint density at radius 3 is 2.85 bits per heavy atom. The van der Waals surface area contributed by atoms with Gasteiger partial charge in [-0.3, -0.25) is 4.98 Å². The second-order valence-corrected chi connectivity index (χ2v) is 6.94. The first-order valence-electron chi connectivity index (χ1n) is 9.40. The first-order valence-corrected chi connectivity index (χ1v) is 9.40. The van der Waals surface area contributed by atoms with E-state index in [0.29, 0.717) is 23.7 Å². The smallest absolute Gasteiger partial charge is 0.341 e. The summed E-state index contributed by atoms with van der Waals surface area (Å²) in [6.45, 7) is 4.27. The van der Waals surface area contributed by atoms with Crippen molar-refractivity contribution in [2.45, 2.75) is 52.0 Å². The molecule has 0 radical (unpaired) electrons. The first-order chi connectivity index (χ1) is 12.6. The molecule has 1 saturated carbocycles. The number of nitrogens with one attached hydrogen (secondary N) is 1. The molecule has 136 valence electrons. The van der Waals surface area contributed by atoms with E-state index in [0.717, 1.165) is 16.6 Å². The van der Waals surface area contributed by atoms with Crippen molar-refractivity contribution >= 4 is 22.6 Å². The number of nitriles is 1. The monoisotopic (exact) mass is 351 g/mol. The molecule has 5 heteroatoms. The lowest BCUT2D eigenvalue weighted by molar-refractivity contribution is 0.0527. The maximum Gasteiger partial charge on any atom is 0.341 e. The van der Waals surface area contributed by atoms with Crippen LogP contribution in [0.5, 0.6) is 0 Å². The predicted molar refractivity (Wildman–Crippen MR) is 102 cm³/mol. The van der Waals surface area contributed by atoms with Crippen LogP contribution in [0.2, 0.25) is 0 Å². The van der Waals surface area contributed by atoms with Gasteiger partial charge < -0.3 is 10.1 Å². The number of ether oxygens (including phenoxy) is 1. The molecule has 1 N–H and O–H groups in total. The Balaban J connectivity index is 2.04. The lowest BCUT2D eigenvalue weighted by Crippen LogP contribution is -2.28. The van der Waals surface area contributed by atoms with E-state index >= 15 is 0 Å². The van der Waals surface area contributed by atoms with Gasteiger partial charge in [-0.1, -0.05) is 19.3 Å². The number of anilines is 1. The summed E-state index contributed by atoms with van der Waals surface area (Å²) < 4.78 is 5.22. The third-order valence-corrected chi connectivity index (χ3v) is 5.22. The zero-order valence-corrected chi connectivity index (χ0v) is 15.4. The van der Waals surface area contributed by atoms with Crippen molar-refractivity contribution in [3.63, 3.8) is 0 Å². The van der Waals surface area contributed by atoms with E-state index < -0.39 is 0 Å². The highest BCUT2D eigenvalue weighted by Gasteiger charge is 2.23. The van der Waals surface area contributed by atoms with Crippen LogP contribution < -0.4 is 5.32 Å². The van der Waals surface area contributed by atoms with Crippen molar-refractivity contribution < 1.29 is 9.53 Å². The normalized spacial score (nSPS) is 16.0. The first kappa shape index (κ1) is 18.2. The highest BCUT2D eigenvalue weighted by atomic mass is 16.5. The van der Waals surface area contributed by atoms with Gasteiger partial charge in [-0.2, -0.15) is 5.26 Å². The molecule has 0 amide bonds. The molecular formula is C21H25N3O2. The number of carbonyl (C=O) groups is 1. The molecule has 0 bridgehead atoms. The third kappa shape index (κ3) is 3.80. The summed E-state index contributed by atoms with van der Waals surface area (Å²) >= 11 is 0. The van der Waals surface area contributed by atoms with Crippen LogP contribution in [0.1, 0.15) is 61.9 Å². The van der Waals surface area contributed by atoms with E-state index in [1.165, 1.54) is 32.1 Å². The van der Waals surface area contributed by atoms with Crippen LogP contribution in [0.25, 0.3) is 10.9 Å². The second kappa shape index (κ2) is 8.18. The molecule has 0 aliphatic heterocycles. The average molecular weight is 351 g/mol. The molecule has 1 aliphatic carbocycles. The molecule has 26 heavy (non-hydrogen) atoms. The van der Waals surface area contributed by atoms with Crippen LogP contribution >= 0.6 is 0 Å². The summed E-state index contributed by atoms with van der Waals surface area (Å²) in [7, 11) is 0. The molecule has 3 rings (SSSR count). The Morgan fingerprint density at radius 2 is 2.15 bits per heavy atom. The lowest BCUT2D eigenvalue weighted by atomic mass is 9.84. The lowest BCUT2D eigenvalue weighted by Gasteiger charge is -2.30. The Kier molecular flexibility index (Phi) is 5.72. The fourth-order valence-corrected chi connectivity index (χ4v) is 3.76. The van der Waals surface area contributed by atoms with Gasteiger partial charge in [0, 0.05) is 17.6 Å². The molecule has 1 aromatic carbocycles. The van der Waals surface area contributed by atoms with Crippen LogP contribution in [0, 0.1) is 17.2 Å². The van der Waals surface area contributed by atoms with Crippen molar-refractivity contribution in [1.82, 2.24) is 4.98 Å². The Bertz CT molecular complexity index is 835. The van der Waals surface area contributed by atoms with Gasteiger partial charge in [-0.15, -0.1) is 0 Å². The fourth-order valence-electron chi connectivity index (χ4n) is 3.76. The number of hydrogen-bond acceptors (Lipinski definition) is 5. The van der Waals surface area contributed by atoms with Gasteiger partial charge in [0.05, 0.1) is 29.4 Å². The van der Waals surface area contributed by atoms with Gasteiger partial charge in [0.2, 0.25) is 0 Å². The largest absolute Gasteiger partial charge is 0.462 e. The number of fused-ring (bicyclic) bond motifs is 1. The molecule has 0 unspecified atom stereocenters. The van der Waals surface area contributed by atoms with E-state index in [4.69, 9.17) is 4.74 Å². The molecule has 5 nitrogen and oxygen atoms in total. The minimum atomic E-state index is -0.386. The number of pyridine rings is 1. The van der Waals surface area contributed by atoms with Crippen molar-refractivity contribution in [3.05, 3.63) is 35.5 Å². The predicted octanol–water partition coefficient (Wildman–Crippen LogP) is 4.66. The number of benzene rings is 1. The van der Waals surface area contributed by atoms with Crippen molar-refractivity contribution in [1.29, 1.82) is 5.26 Å². The van der Waals surface area contributed by atoms with Gasteiger partial charge >= 0.3 is 5.97 Å². The maximum atomic E-state index is 12.5. The molecule has 1 aliphatic rings. The number of hydrogen-bond donors (Lipinski definition) is 1. The second-order valence-electron chi connectivity index (χ2n) is 6.94. The van der Waals surface area contributed by atoms with Gasteiger partial charge in [-0.05, 0) is 50.8 Å². The van der Waals surface area contributed by atoms with E-state index in [9.17, 15) is 10.1 Å². The van der Waals surface area contributed by atoms with Crippen LogP contribution in [-0.2, 0) is 4.74 Å². The van der Waals surface area contributed by atoms with E-state index in [1.54, 1.807) is 25.3 Å². The number of carbonyl (C=O) groups excluding carboxylic acids is 1. The summed E-state index contributed by atoms with van der Waals surface area (Å²) in [5.41, 5.74) is 2.46. The molecular weight excluding hydrogens is 326 g/mol. The van der Waals surface area contributed by atoms with E-state index in [-0.39, 0.29) is 12.0 Å². The SMILES string of the molecule is CCOC(=O)c1cnc2ccc(C#N)cc2c1N[C@H](C)C1CCCCC1. The summed E-state index contributed by atoms with van der Waals surface area (Å²) in [5, 5.41) is 13.6. The zero-order chi connectivity index (χ0) is 18.5. The van der Waals surface area contributed by atoms with Crippen molar-refractivity contribution in [3.8, 4) is 6.07 Å². The van der Waals surface area contributed by atoms with Gasteiger partial charge in [0.1, 0.15) is 5.56 Å². The maximum absolute atomic E-state index is 12.5.